The van der Waals surface area contributed by atoms with Gasteiger partial charge in [0, 0.05) is 42.0 Å². The first kappa shape index (κ1) is 12.0. The Labute approximate surface area is 112 Å². The highest BCUT2D eigenvalue weighted by Gasteiger charge is 2.15. The third-order valence-corrected chi connectivity index (χ3v) is 3.45. The zero-order chi connectivity index (χ0) is 13.1. The SMILES string of the molecule is Cc1ncc(-c2cnc(NC3CCCC3)nc2)cn1. The number of nitrogens with zero attached hydrogens (tertiary/aromatic N) is 4. The van der Waals surface area contributed by atoms with Crippen molar-refractivity contribution in [1.29, 1.82) is 0 Å². The van der Waals surface area contributed by atoms with Crippen molar-refractivity contribution in [2.45, 2.75) is 38.6 Å². The summed E-state index contributed by atoms with van der Waals surface area (Å²) in [6.07, 6.45) is 12.3. The van der Waals surface area contributed by atoms with Crippen LogP contribution < -0.4 is 5.32 Å². The molecule has 1 aliphatic carbocycles. The topological polar surface area (TPSA) is 63.6 Å². The van der Waals surface area contributed by atoms with Crippen LogP contribution in [0.3, 0.4) is 0 Å². The van der Waals surface area contributed by atoms with E-state index >= 15 is 0 Å². The minimum Gasteiger partial charge on any atom is -0.351 e. The molecule has 0 bridgehead atoms. The van der Waals surface area contributed by atoms with Gasteiger partial charge in [0.25, 0.3) is 0 Å². The van der Waals surface area contributed by atoms with Crippen molar-refractivity contribution in [2.24, 2.45) is 0 Å². The average molecular weight is 255 g/mol. The highest BCUT2D eigenvalue weighted by Crippen LogP contribution is 2.21. The van der Waals surface area contributed by atoms with Gasteiger partial charge in [-0.15, -0.1) is 0 Å². The van der Waals surface area contributed by atoms with Crippen LogP contribution in [0.4, 0.5) is 5.95 Å². The summed E-state index contributed by atoms with van der Waals surface area (Å²) >= 11 is 0. The van der Waals surface area contributed by atoms with Gasteiger partial charge in [-0.25, -0.2) is 19.9 Å². The Hall–Kier alpha value is -2.04. The Kier molecular flexibility index (Phi) is 3.35. The quantitative estimate of drug-likeness (QED) is 0.913. The molecule has 19 heavy (non-hydrogen) atoms. The third-order valence-electron chi connectivity index (χ3n) is 3.45. The van der Waals surface area contributed by atoms with Crippen molar-refractivity contribution in [3.05, 3.63) is 30.6 Å². The molecule has 0 atom stereocenters. The Morgan fingerprint density at radius 2 is 1.42 bits per heavy atom. The molecular weight excluding hydrogens is 238 g/mol. The molecule has 5 nitrogen and oxygen atoms in total. The maximum Gasteiger partial charge on any atom is 0.222 e. The first-order valence-corrected chi connectivity index (χ1v) is 6.69. The molecular formula is C14H17N5. The number of rotatable bonds is 3. The Bertz CT molecular complexity index is 529. The van der Waals surface area contributed by atoms with Gasteiger partial charge >= 0.3 is 0 Å². The van der Waals surface area contributed by atoms with Gasteiger partial charge in [0.05, 0.1) is 0 Å². The van der Waals surface area contributed by atoms with E-state index in [1.54, 1.807) is 12.4 Å². The number of hydrogen-bond donors (Lipinski definition) is 1. The van der Waals surface area contributed by atoms with E-state index < -0.39 is 0 Å². The average Bonchev–Trinajstić information content (AvgIpc) is 2.94. The van der Waals surface area contributed by atoms with Crippen molar-refractivity contribution < 1.29 is 0 Å². The largest absolute Gasteiger partial charge is 0.351 e. The molecule has 0 amide bonds. The molecule has 0 saturated heterocycles. The summed E-state index contributed by atoms with van der Waals surface area (Å²) in [5, 5.41) is 3.38. The van der Waals surface area contributed by atoms with Gasteiger partial charge < -0.3 is 5.32 Å². The lowest BCUT2D eigenvalue weighted by molar-refractivity contribution is 0.744. The predicted octanol–water partition coefficient (Wildman–Crippen LogP) is 2.60. The Morgan fingerprint density at radius 1 is 0.895 bits per heavy atom. The molecule has 2 aromatic rings. The molecule has 1 aliphatic rings. The lowest BCUT2D eigenvalue weighted by Gasteiger charge is -2.11. The van der Waals surface area contributed by atoms with Crippen LogP contribution in [0.5, 0.6) is 0 Å². The zero-order valence-corrected chi connectivity index (χ0v) is 11.0. The lowest BCUT2D eigenvalue weighted by atomic mass is 10.2. The van der Waals surface area contributed by atoms with Gasteiger partial charge in [0.2, 0.25) is 5.95 Å². The summed E-state index contributed by atoms with van der Waals surface area (Å²) in [6, 6.07) is 0.536. The molecule has 1 N–H and O–H groups in total. The van der Waals surface area contributed by atoms with Crippen molar-refractivity contribution in [1.82, 2.24) is 19.9 Å². The minimum absolute atomic E-state index is 0.536. The van der Waals surface area contributed by atoms with Crippen LogP contribution in [0, 0.1) is 6.92 Å². The monoisotopic (exact) mass is 255 g/mol. The summed E-state index contributed by atoms with van der Waals surface area (Å²) in [7, 11) is 0. The lowest BCUT2D eigenvalue weighted by Crippen LogP contribution is -2.16. The molecule has 3 rings (SSSR count). The summed E-state index contributed by atoms with van der Waals surface area (Å²) in [5.74, 6) is 1.48. The molecule has 0 aromatic carbocycles. The van der Waals surface area contributed by atoms with Crippen LogP contribution in [-0.4, -0.2) is 26.0 Å². The fourth-order valence-electron chi connectivity index (χ4n) is 2.35. The van der Waals surface area contributed by atoms with E-state index in [1.807, 2.05) is 19.3 Å². The number of aryl methyl sites for hydroxylation is 1. The second-order valence-electron chi connectivity index (χ2n) is 4.94. The fourth-order valence-corrected chi connectivity index (χ4v) is 2.35. The molecule has 5 heteroatoms. The van der Waals surface area contributed by atoms with Crippen LogP contribution in [0.15, 0.2) is 24.8 Å². The molecule has 2 heterocycles. The highest BCUT2D eigenvalue weighted by molar-refractivity contribution is 5.59. The van der Waals surface area contributed by atoms with E-state index in [-0.39, 0.29) is 0 Å². The van der Waals surface area contributed by atoms with Gasteiger partial charge in [-0.05, 0) is 19.8 Å². The molecule has 0 unspecified atom stereocenters. The normalized spacial score (nSPS) is 15.6. The summed E-state index contributed by atoms with van der Waals surface area (Å²) < 4.78 is 0. The van der Waals surface area contributed by atoms with Gasteiger partial charge in [-0.3, -0.25) is 0 Å². The van der Waals surface area contributed by atoms with Crippen molar-refractivity contribution in [3.8, 4) is 11.1 Å². The van der Waals surface area contributed by atoms with Crippen LogP contribution in [-0.2, 0) is 0 Å². The first-order chi connectivity index (χ1) is 9.31. The van der Waals surface area contributed by atoms with Gasteiger partial charge in [-0.2, -0.15) is 0 Å². The number of aromatic nitrogens is 4. The Balaban J connectivity index is 1.72. The molecule has 0 radical (unpaired) electrons. The van der Waals surface area contributed by atoms with Crippen LogP contribution in [0.1, 0.15) is 31.5 Å². The van der Waals surface area contributed by atoms with E-state index in [0.717, 1.165) is 17.0 Å². The smallest absolute Gasteiger partial charge is 0.222 e. The Morgan fingerprint density at radius 3 is 2.00 bits per heavy atom. The highest BCUT2D eigenvalue weighted by atomic mass is 15.1. The van der Waals surface area contributed by atoms with E-state index in [9.17, 15) is 0 Å². The second-order valence-corrected chi connectivity index (χ2v) is 4.94. The minimum atomic E-state index is 0.536. The third kappa shape index (κ3) is 2.86. The molecule has 0 aliphatic heterocycles. The van der Waals surface area contributed by atoms with Gasteiger partial charge in [0.15, 0.2) is 0 Å². The number of hydrogen-bond acceptors (Lipinski definition) is 5. The van der Waals surface area contributed by atoms with Crippen LogP contribution in [0.25, 0.3) is 11.1 Å². The van der Waals surface area contributed by atoms with Crippen LogP contribution >= 0.6 is 0 Å². The molecule has 1 fully saturated rings. The van der Waals surface area contributed by atoms with Gasteiger partial charge in [-0.1, -0.05) is 12.8 Å². The van der Waals surface area contributed by atoms with E-state index in [0.29, 0.717) is 12.0 Å². The fraction of sp³-hybridized carbons (Fsp3) is 0.429. The first-order valence-electron chi connectivity index (χ1n) is 6.69. The number of nitrogens with one attached hydrogen (secondary N) is 1. The standard InChI is InChI=1S/C14H17N5/c1-10-15-6-11(7-16-10)12-8-17-14(18-9-12)19-13-4-2-3-5-13/h6-9,13H,2-5H2,1H3,(H,17,18,19). The van der Waals surface area contributed by atoms with E-state index in [1.165, 1.54) is 25.7 Å². The maximum atomic E-state index is 4.36. The molecule has 1 saturated carbocycles. The molecule has 0 spiro atoms. The van der Waals surface area contributed by atoms with Gasteiger partial charge in [0.1, 0.15) is 5.82 Å². The van der Waals surface area contributed by atoms with Crippen LogP contribution in [0.2, 0.25) is 0 Å². The van der Waals surface area contributed by atoms with Crippen molar-refractivity contribution in [2.75, 3.05) is 5.32 Å². The molecule has 2 aromatic heterocycles. The zero-order valence-electron chi connectivity index (χ0n) is 11.0. The van der Waals surface area contributed by atoms with E-state index in [2.05, 4.69) is 25.3 Å². The summed E-state index contributed by atoms with van der Waals surface area (Å²) in [4.78, 5) is 17.1. The van der Waals surface area contributed by atoms with E-state index in [4.69, 9.17) is 0 Å². The molecule has 98 valence electrons. The maximum absolute atomic E-state index is 4.36. The number of anilines is 1. The van der Waals surface area contributed by atoms with Crippen molar-refractivity contribution >= 4 is 5.95 Å². The second kappa shape index (κ2) is 5.30. The van der Waals surface area contributed by atoms with Crippen molar-refractivity contribution in [3.63, 3.8) is 0 Å². The summed E-state index contributed by atoms with van der Waals surface area (Å²) in [5.41, 5.74) is 1.88. The summed E-state index contributed by atoms with van der Waals surface area (Å²) in [6.45, 7) is 1.87. The predicted molar refractivity (Wildman–Crippen MR) is 73.7 cm³/mol.